The fraction of sp³-hybridized carbons (Fsp3) is 0.357. The summed E-state index contributed by atoms with van der Waals surface area (Å²) in [5.41, 5.74) is 1.55. The van der Waals surface area contributed by atoms with Gasteiger partial charge in [0.25, 0.3) is 5.91 Å². The molecule has 18 heavy (non-hydrogen) atoms. The van der Waals surface area contributed by atoms with Gasteiger partial charge in [-0.1, -0.05) is 19.1 Å². The van der Waals surface area contributed by atoms with E-state index in [1.54, 1.807) is 7.11 Å². The second-order valence-corrected chi connectivity index (χ2v) is 4.28. The molecule has 2 aromatic rings. The molecule has 1 amide bonds. The van der Waals surface area contributed by atoms with Crippen molar-refractivity contribution >= 4 is 16.8 Å². The van der Waals surface area contributed by atoms with Crippen LogP contribution >= 0.6 is 0 Å². The van der Waals surface area contributed by atoms with Crippen molar-refractivity contribution in [2.75, 3.05) is 13.7 Å². The third-order valence-corrected chi connectivity index (χ3v) is 3.03. The summed E-state index contributed by atoms with van der Waals surface area (Å²) >= 11 is 0. The Morgan fingerprint density at radius 2 is 2.28 bits per heavy atom. The summed E-state index contributed by atoms with van der Waals surface area (Å²) in [6.45, 7) is 2.56. The molecule has 0 saturated carbocycles. The standard InChI is InChI=1S/C14H18N2O2/c1-3-11(9-18-2)16-14(17)12-6-4-5-10-7-8-15-13(10)12/h4-8,11,15H,3,9H2,1-2H3,(H,16,17). The molecule has 0 spiro atoms. The predicted molar refractivity (Wildman–Crippen MR) is 71.7 cm³/mol. The quantitative estimate of drug-likeness (QED) is 0.850. The minimum Gasteiger partial charge on any atom is -0.383 e. The molecule has 0 bridgehead atoms. The van der Waals surface area contributed by atoms with Crippen LogP contribution in [-0.2, 0) is 4.74 Å². The molecule has 4 heteroatoms. The maximum atomic E-state index is 12.2. The van der Waals surface area contributed by atoms with Crippen LogP contribution in [0.1, 0.15) is 23.7 Å². The van der Waals surface area contributed by atoms with Gasteiger partial charge in [-0.15, -0.1) is 0 Å². The lowest BCUT2D eigenvalue weighted by Gasteiger charge is -2.16. The molecule has 1 heterocycles. The Hall–Kier alpha value is -1.81. The third-order valence-electron chi connectivity index (χ3n) is 3.03. The second-order valence-electron chi connectivity index (χ2n) is 4.28. The van der Waals surface area contributed by atoms with Gasteiger partial charge in [0, 0.05) is 18.7 Å². The highest BCUT2D eigenvalue weighted by atomic mass is 16.5. The molecular weight excluding hydrogens is 228 g/mol. The number of aromatic amines is 1. The van der Waals surface area contributed by atoms with Gasteiger partial charge >= 0.3 is 0 Å². The SMILES string of the molecule is CCC(COC)NC(=O)c1cccc2cc[nH]c12. The van der Waals surface area contributed by atoms with Crippen LogP contribution in [0.25, 0.3) is 10.9 Å². The van der Waals surface area contributed by atoms with Crippen molar-refractivity contribution < 1.29 is 9.53 Å². The first-order valence-corrected chi connectivity index (χ1v) is 6.12. The highest BCUT2D eigenvalue weighted by Gasteiger charge is 2.14. The molecule has 96 valence electrons. The first-order valence-electron chi connectivity index (χ1n) is 6.12. The smallest absolute Gasteiger partial charge is 0.253 e. The number of rotatable bonds is 5. The maximum Gasteiger partial charge on any atom is 0.253 e. The molecular formula is C14H18N2O2. The van der Waals surface area contributed by atoms with Gasteiger partial charge < -0.3 is 15.0 Å². The molecule has 0 saturated heterocycles. The summed E-state index contributed by atoms with van der Waals surface area (Å²) in [5.74, 6) is -0.0630. The molecule has 0 radical (unpaired) electrons. The lowest BCUT2D eigenvalue weighted by molar-refractivity contribution is 0.0896. The summed E-state index contributed by atoms with van der Waals surface area (Å²) in [6, 6.07) is 7.71. The van der Waals surface area contributed by atoms with Gasteiger partial charge in [0.05, 0.1) is 23.7 Å². The largest absolute Gasteiger partial charge is 0.383 e. The number of carbonyl (C=O) groups is 1. The van der Waals surface area contributed by atoms with Crippen LogP contribution in [0.15, 0.2) is 30.5 Å². The van der Waals surface area contributed by atoms with Crippen LogP contribution in [0.2, 0.25) is 0 Å². The van der Waals surface area contributed by atoms with E-state index in [1.807, 2.05) is 37.4 Å². The van der Waals surface area contributed by atoms with Crippen LogP contribution in [0.3, 0.4) is 0 Å². The average molecular weight is 246 g/mol. The van der Waals surface area contributed by atoms with Crippen LogP contribution in [0.4, 0.5) is 0 Å². The number of H-pyrrole nitrogens is 1. The summed E-state index contributed by atoms with van der Waals surface area (Å²) in [5, 5.41) is 4.03. The normalized spacial score (nSPS) is 12.6. The van der Waals surface area contributed by atoms with Crippen LogP contribution in [-0.4, -0.2) is 30.6 Å². The summed E-state index contributed by atoms with van der Waals surface area (Å²) < 4.78 is 5.08. The monoisotopic (exact) mass is 246 g/mol. The van der Waals surface area contributed by atoms with Crippen LogP contribution in [0.5, 0.6) is 0 Å². The molecule has 0 aliphatic rings. The first kappa shape index (κ1) is 12.6. The highest BCUT2D eigenvalue weighted by Crippen LogP contribution is 2.16. The van der Waals surface area contributed by atoms with Crippen LogP contribution in [0, 0.1) is 0 Å². The molecule has 1 aromatic heterocycles. The van der Waals surface area contributed by atoms with Gasteiger partial charge in [-0.2, -0.15) is 0 Å². The van der Waals surface area contributed by atoms with E-state index in [1.165, 1.54) is 0 Å². The van der Waals surface area contributed by atoms with Gasteiger partial charge in [-0.05, 0) is 18.6 Å². The lowest BCUT2D eigenvalue weighted by atomic mass is 10.1. The molecule has 1 aromatic carbocycles. The summed E-state index contributed by atoms with van der Waals surface area (Å²) in [4.78, 5) is 15.3. The van der Waals surface area contributed by atoms with E-state index in [0.29, 0.717) is 12.2 Å². The van der Waals surface area contributed by atoms with Crippen LogP contribution < -0.4 is 5.32 Å². The molecule has 2 N–H and O–H groups in total. The van der Waals surface area contributed by atoms with E-state index >= 15 is 0 Å². The van der Waals surface area contributed by atoms with Gasteiger partial charge in [-0.3, -0.25) is 4.79 Å². The zero-order chi connectivity index (χ0) is 13.0. The van der Waals surface area contributed by atoms with Gasteiger partial charge in [0.1, 0.15) is 0 Å². The molecule has 0 aliphatic heterocycles. The number of methoxy groups -OCH3 is 1. The summed E-state index contributed by atoms with van der Waals surface area (Å²) in [6.07, 6.45) is 2.69. The van der Waals surface area contributed by atoms with E-state index in [-0.39, 0.29) is 11.9 Å². The van der Waals surface area contributed by atoms with Crippen molar-refractivity contribution in [2.24, 2.45) is 0 Å². The van der Waals surface area contributed by atoms with Crippen molar-refractivity contribution in [3.05, 3.63) is 36.0 Å². The predicted octanol–water partition coefficient (Wildman–Crippen LogP) is 2.32. The van der Waals surface area contributed by atoms with Crippen molar-refractivity contribution in [1.82, 2.24) is 10.3 Å². The Balaban J connectivity index is 2.20. The molecule has 1 unspecified atom stereocenters. The Morgan fingerprint density at radius 3 is 3.00 bits per heavy atom. The fourth-order valence-electron chi connectivity index (χ4n) is 2.00. The van der Waals surface area contributed by atoms with Crippen molar-refractivity contribution in [3.8, 4) is 0 Å². The molecule has 4 nitrogen and oxygen atoms in total. The Bertz CT molecular complexity index is 533. The zero-order valence-corrected chi connectivity index (χ0v) is 10.7. The third kappa shape index (κ3) is 2.54. The molecule has 1 atom stereocenters. The number of benzene rings is 1. The van der Waals surface area contributed by atoms with Crippen molar-refractivity contribution in [2.45, 2.75) is 19.4 Å². The van der Waals surface area contributed by atoms with E-state index in [9.17, 15) is 4.79 Å². The summed E-state index contributed by atoms with van der Waals surface area (Å²) in [7, 11) is 1.64. The Morgan fingerprint density at radius 1 is 1.44 bits per heavy atom. The lowest BCUT2D eigenvalue weighted by Crippen LogP contribution is -2.37. The first-order chi connectivity index (χ1) is 8.76. The second kappa shape index (κ2) is 5.69. The minimum absolute atomic E-state index is 0.0488. The van der Waals surface area contributed by atoms with E-state index in [0.717, 1.165) is 17.3 Å². The topological polar surface area (TPSA) is 54.1 Å². The fourth-order valence-corrected chi connectivity index (χ4v) is 2.00. The number of ether oxygens (including phenoxy) is 1. The Labute approximate surface area is 106 Å². The number of hydrogen-bond donors (Lipinski definition) is 2. The van der Waals surface area contributed by atoms with Crippen molar-refractivity contribution in [1.29, 1.82) is 0 Å². The maximum absolute atomic E-state index is 12.2. The number of carbonyl (C=O) groups excluding carboxylic acids is 1. The molecule has 2 rings (SSSR count). The number of nitrogens with one attached hydrogen (secondary N) is 2. The van der Waals surface area contributed by atoms with Gasteiger partial charge in [0.2, 0.25) is 0 Å². The van der Waals surface area contributed by atoms with Crippen molar-refractivity contribution in [3.63, 3.8) is 0 Å². The van der Waals surface area contributed by atoms with E-state index in [4.69, 9.17) is 4.74 Å². The molecule has 0 aliphatic carbocycles. The van der Waals surface area contributed by atoms with Gasteiger partial charge in [-0.25, -0.2) is 0 Å². The highest BCUT2D eigenvalue weighted by molar-refractivity contribution is 6.05. The Kier molecular flexibility index (Phi) is 3.99. The van der Waals surface area contributed by atoms with Gasteiger partial charge in [0.15, 0.2) is 0 Å². The average Bonchev–Trinajstić information content (AvgIpc) is 2.85. The number of aromatic nitrogens is 1. The number of amides is 1. The minimum atomic E-state index is -0.0630. The number of hydrogen-bond acceptors (Lipinski definition) is 2. The van der Waals surface area contributed by atoms with E-state index < -0.39 is 0 Å². The molecule has 0 fully saturated rings. The number of para-hydroxylation sites is 1. The van der Waals surface area contributed by atoms with E-state index in [2.05, 4.69) is 10.3 Å². The zero-order valence-electron chi connectivity index (χ0n) is 10.7. The number of fused-ring (bicyclic) bond motifs is 1.